The molecule has 0 bridgehead atoms. The lowest BCUT2D eigenvalue weighted by Gasteiger charge is -2.16. The smallest absolute Gasteiger partial charge is 0.387 e. The van der Waals surface area contributed by atoms with E-state index in [2.05, 4.69) is 33.3 Å². The number of fused-ring (bicyclic) bond motifs is 1. The van der Waals surface area contributed by atoms with Crippen molar-refractivity contribution in [3.63, 3.8) is 0 Å². The second-order valence-corrected chi connectivity index (χ2v) is 18.5. The third-order valence-corrected chi connectivity index (χ3v) is 11.9. The van der Waals surface area contributed by atoms with Gasteiger partial charge in [-0.15, -0.1) is 0 Å². The van der Waals surface area contributed by atoms with Gasteiger partial charge in [-0.3, -0.25) is 18.7 Å². The molecule has 0 radical (unpaired) electrons. The van der Waals surface area contributed by atoms with Crippen LogP contribution < -0.4 is 17.2 Å². The molecule has 16 nitrogen and oxygen atoms in total. The molecule has 63 heavy (non-hydrogen) atoms. The third kappa shape index (κ3) is 30.2. The number of aliphatic hydroxyl groups excluding tert-OH is 2. The van der Waals surface area contributed by atoms with Crippen LogP contribution in [0, 0.1) is 0 Å². The topological polar surface area (TPSA) is 272 Å². The van der Waals surface area contributed by atoms with Crippen molar-refractivity contribution in [1.82, 2.24) is 19.5 Å². The third-order valence-electron chi connectivity index (χ3n) is 11.5. The number of primary amides is 2. The van der Waals surface area contributed by atoms with Crippen LogP contribution in [0.5, 0.6) is 0 Å². The maximum Gasteiger partial charge on any atom is 0.469 e. The van der Waals surface area contributed by atoms with Crippen LogP contribution in [-0.4, -0.2) is 76.3 Å². The van der Waals surface area contributed by atoms with E-state index in [1.807, 2.05) is 0 Å². The highest BCUT2D eigenvalue weighted by molar-refractivity contribution is 7.46. The molecule has 1 saturated heterocycles. The number of imidazole rings is 1. The number of carbonyl (C=O) groups excluding carboxylic acids is 2. The maximum absolute atomic E-state index is 10.7. The normalized spacial score (nSPS) is 17.3. The molecule has 2 aromatic heterocycles. The van der Waals surface area contributed by atoms with E-state index in [4.69, 9.17) is 31.7 Å². The zero-order valence-corrected chi connectivity index (χ0v) is 40.0. The minimum absolute atomic E-state index is 0.142. The first-order valence-electron chi connectivity index (χ1n) is 24.5. The fraction of sp³-hybridized carbons (Fsp3) is 0.848. The SMILES string of the molecule is CCCCCCCCCCCCCCCCCC(N)=O.CCCCCCCCCCCCCCCCCC(N)=O.Nc1ncnc2c1ncn2[C@@H]1O[C@H](COP(=O)(O)O)[C@@H](O)[C@H]1O. The summed E-state index contributed by atoms with van der Waals surface area (Å²) in [6.45, 7) is 3.96. The Morgan fingerprint density at radius 3 is 1.33 bits per heavy atom. The fourth-order valence-corrected chi connectivity index (χ4v) is 8.01. The highest BCUT2D eigenvalue weighted by Crippen LogP contribution is 2.39. The van der Waals surface area contributed by atoms with Crippen molar-refractivity contribution in [3.05, 3.63) is 12.7 Å². The van der Waals surface area contributed by atoms with Gasteiger partial charge >= 0.3 is 7.82 Å². The van der Waals surface area contributed by atoms with Crippen LogP contribution in [0.1, 0.15) is 226 Å². The number of rotatable bonds is 36. The number of nitrogens with two attached hydrogens (primary N) is 3. The Hall–Kier alpha value is -2.72. The van der Waals surface area contributed by atoms with Crippen molar-refractivity contribution in [1.29, 1.82) is 0 Å². The number of ether oxygens (including phenoxy) is 1. The van der Waals surface area contributed by atoms with E-state index in [-0.39, 0.29) is 23.3 Å². The number of aliphatic hydroxyl groups is 2. The molecule has 0 aliphatic carbocycles. The minimum Gasteiger partial charge on any atom is -0.387 e. The number of phosphoric acid groups is 1. The number of hydrogen-bond donors (Lipinski definition) is 7. The van der Waals surface area contributed by atoms with Gasteiger partial charge in [-0.25, -0.2) is 19.5 Å². The number of unbranched alkanes of at least 4 members (excludes halogenated alkanes) is 28. The van der Waals surface area contributed by atoms with Gasteiger partial charge < -0.3 is 41.9 Å². The zero-order valence-electron chi connectivity index (χ0n) is 39.1. The van der Waals surface area contributed by atoms with Gasteiger partial charge in [-0.2, -0.15) is 0 Å². The first kappa shape index (κ1) is 58.3. The monoisotopic (exact) mass is 914 g/mol. The lowest BCUT2D eigenvalue weighted by molar-refractivity contribution is -0.119. The molecule has 0 aromatic carbocycles. The highest BCUT2D eigenvalue weighted by atomic mass is 31.2. The van der Waals surface area contributed by atoms with E-state index in [0.29, 0.717) is 18.4 Å². The number of phosphoric ester groups is 1. The van der Waals surface area contributed by atoms with Crippen molar-refractivity contribution >= 4 is 36.6 Å². The van der Waals surface area contributed by atoms with Crippen LogP contribution in [0.2, 0.25) is 0 Å². The van der Waals surface area contributed by atoms with Gasteiger partial charge in [0.05, 0.1) is 12.9 Å². The zero-order chi connectivity index (χ0) is 46.6. The molecule has 0 spiro atoms. The molecule has 1 aliphatic rings. The minimum atomic E-state index is -4.72. The molecule has 0 saturated carbocycles. The number of anilines is 1. The van der Waals surface area contributed by atoms with Gasteiger partial charge in [0, 0.05) is 12.8 Å². The summed E-state index contributed by atoms with van der Waals surface area (Å²) >= 11 is 0. The van der Waals surface area contributed by atoms with E-state index >= 15 is 0 Å². The van der Waals surface area contributed by atoms with E-state index in [0.717, 1.165) is 12.8 Å². The molecular weight excluding hydrogens is 826 g/mol. The number of carbonyl (C=O) groups is 2. The summed E-state index contributed by atoms with van der Waals surface area (Å²) in [5, 5.41) is 20.1. The Labute approximate surface area is 378 Å². The van der Waals surface area contributed by atoms with Gasteiger partial charge in [-0.1, -0.05) is 194 Å². The molecular formula is C46H88N7O9P. The molecule has 10 N–H and O–H groups in total. The quantitative estimate of drug-likeness (QED) is 0.0248. The summed E-state index contributed by atoms with van der Waals surface area (Å²) in [5.74, 6) is -0.164. The summed E-state index contributed by atoms with van der Waals surface area (Å²) in [6.07, 6.45) is 39.3. The number of amides is 2. The first-order valence-corrected chi connectivity index (χ1v) is 26.1. The molecule has 3 heterocycles. The second kappa shape index (κ2) is 37.5. The van der Waals surface area contributed by atoms with Crippen LogP contribution >= 0.6 is 7.82 Å². The Morgan fingerprint density at radius 1 is 0.619 bits per heavy atom. The van der Waals surface area contributed by atoms with Gasteiger partial charge in [0.25, 0.3) is 0 Å². The first-order chi connectivity index (χ1) is 30.3. The summed E-state index contributed by atoms with van der Waals surface area (Å²) in [6, 6.07) is 0. The summed E-state index contributed by atoms with van der Waals surface area (Å²) < 4.78 is 21.8. The van der Waals surface area contributed by atoms with E-state index in [1.54, 1.807) is 0 Å². The van der Waals surface area contributed by atoms with Gasteiger partial charge in [0.1, 0.15) is 30.2 Å². The van der Waals surface area contributed by atoms with Crippen LogP contribution in [0.25, 0.3) is 11.2 Å². The summed E-state index contributed by atoms with van der Waals surface area (Å²) in [5.41, 5.74) is 16.5. The van der Waals surface area contributed by atoms with Gasteiger partial charge in [0.2, 0.25) is 11.8 Å². The van der Waals surface area contributed by atoms with E-state index in [9.17, 15) is 24.4 Å². The highest BCUT2D eigenvalue weighted by Gasteiger charge is 2.45. The molecule has 1 aliphatic heterocycles. The molecule has 2 amide bonds. The number of nitrogen functional groups attached to an aromatic ring is 1. The Kier molecular flexibility index (Phi) is 34.7. The molecule has 4 atom stereocenters. The number of hydrogen-bond acceptors (Lipinski definition) is 11. The van der Waals surface area contributed by atoms with Gasteiger partial charge in [-0.05, 0) is 12.8 Å². The van der Waals surface area contributed by atoms with Crippen molar-refractivity contribution in [2.75, 3.05) is 12.3 Å². The lowest BCUT2D eigenvalue weighted by atomic mass is 10.0. The van der Waals surface area contributed by atoms with Crippen molar-refractivity contribution < 1.29 is 43.4 Å². The molecule has 366 valence electrons. The Bertz CT molecular complexity index is 1440. The van der Waals surface area contributed by atoms with Crippen molar-refractivity contribution in [3.8, 4) is 0 Å². The molecule has 0 unspecified atom stereocenters. The molecule has 17 heteroatoms. The van der Waals surface area contributed by atoms with Crippen LogP contribution in [-0.2, 0) is 23.4 Å². The summed E-state index contributed by atoms with van der Waals surface area (Å²) in [4.78, 5) is 50.3. The average Bonchev–Trinajstić information content (AvgIpc) is 3.80. The van der Waals surface area contributed by atoms with Crippen LogP contribution in [0.4, 0.5) is 5.82 Å². The van der Waals surface area contributed by atoms with Crippen molar-refractivity contribution in [2.45, 2.75) is 244 Å². The Morgan fingerprint density at radius 2 is 0.984 bits per heavy atom. The predicted molar refractivity (Wildman–Crippen MR) is 251 cm³/mol. The average molecular weight is 914 g/mol. The van der Waals surface area contributed by atoms with Gasteiger partial charge in [0.15, 0.2) is 17.7 Å². The lowest BCUT2D eigenvalue weighted by Crippen LogP contribution is -2.33. The van der Waals surface area contributed by atoms with Crippen LogP contribution in [0.15, 0.2) is 12.7 Å². The fourth-order valence-electron chi connectivity index (χ4n) is 7.66. The molecule has 2 aromatic rings. The molecule has 1 fully saturated rings. The standard InChI is InChI=1S/2C18H37NO.C10H14N5O7P/c2*1-2-3-4-5-6-7-8-9-10-11-12-13-14-15-16-17-18(19)20;11-8-5-9(13-2-12-8)15(3-14-5)10-7(17)6(16)4(22-10)1-21-23(18,19)20/h2*2-17H2,1H3,(H2,19,20);2-4,6-7,10,16-17H,1H2,(H2,11,12,13)(H2,18,19,20)/t;;4-,6-,7-,10-/m..1/s1. The number of aromatic nitrogens is 4. The number of nitrogens with zero attached hydrogens (tertiary/aromatic N) is 4. The summed E-state index contributed by atoms with van der Waals surface area (Å²) in [7, 11) is -4.72. The maximum atomic E-state index is 10.7. The molecule has 3 rings (SSSR count). The van der Waals surface area contributed by atoms with E-state index in [1.165, 1.54) is 197 Å². The predicted octanol–water partition coefficient (Wildman–Crippen LogP) is 9.60. The van der Waals surface area contributed by atoms with Crippen molar-refractivity contribution in [2.24, 2.45) is 11.5 Å². The second-order valence-electron chi connectivity index (χ2n) is 17.2. The van der Waals surface area contributed by atoms with Crippen LogP contribution in [0.3, 0.4) is 0 Å². The van der Waals surface area contributed by atoms with E-state index < -0.39 is 39.0 Å². The Balaban J connectivity index is 0.000000475. The largest absolute Gasteiger partial charge is 0.469 e.